The summed E-state index contributed by atoms with van der Waals surface area (Å²) < 4.78 is 24.1. The van der Waals surface area contributed by atoms with Crippen molar-refractivity contribution in [1.29, 1.82) is 0 Å². The Morgan fingerprint density at radius 3 is 2.83 bits per heavy atom. The third-order valence-electron chi connectivity index (χ3n) is 3.32. The summed E-state index contributed by atoms with van der Waals surface area (Å²) in [5.41, 5.74) is 1.60. The number of guanidine groups is 1. The molecule has 2 N–H and O–H groups in total. The summed E-state index contributed by atoms with van der Waals surface area (Å²) >= 11 is 0. The molecule has 5 nitrogen and oxygen atoms in total. The molecule has 0 aliphatic rings. The molecule has 0 saturated carbocycles. The average Bonchev–Trinajstić information content (AvgIpc) is 2.81. The Morgan fingerprint density at radius 1 is 1.35 bits per heavy atom. The van der Waals surface area contributed by atoms with Crippen molar-refractivity contribution in [2.24, 2.45) is 4.99 Å². The van der Waals surface area contributed by atoms with E-state index in [9.17, 15) is 4.39 Å². The molecule has 0 spiro atoms. The van der Waals surface area contributed by atoms with Crippen LogP contribution in [0.4, 0.5) is 4.39 Å². The number of hydrogen-bond acceptors (Lipinski definition) is 3. The van der Waals surface area contributed by atoms with Gasteiger partial charge in [0.25, 0.3) is 0 Å². The van der Waals surface area contributed by atoms with Crippen molar-refractivity contribution in [2.45, 2.75) is 20.4 Å². The van der Waals surface area contributed by atoms with Crippen molar-refractivity contribution >= 4 is 40.9 Å². The zero-order chi connectivity index (χ0) is 15.9. The first kappa shape index (κ1) is 19.7. The molecule has 23 heavy (non-hydrogen) atoms. The quantitative estimate of drug-likeness (QED) is 0.317. The molecular formula is C16H23FIN3O2. The van der Waals surface area contributed by atoms with Gasteiger partial charge in [-0.15, -0.1) is 24.0 Å². The highest BCUT2D eigenvalue weighted by Gasteiger charge is 2.11. The van der Waals surface area contributed by atoms with Crippen LogP contribution in [0, 0.1) is 12.7 Å². The van der Waals surface area contributed by atoms with Gasteiger partial charge in [-0.2, -0.15) is 0 Å². The minimum absolute atomic E-state index is 0. The normalized spacial score (nSPS) is 11.4. The van der Waals surface area contributed by atoms with Gasteiger partial charge >= 0.3 is 0 Å². The molecule has 0 unspecified atom stereocenters. The number of furan rings is 1. The first-order chi connectivity index (χ1) is 10.7. The first-order valence-electron chi connectivity index (χ1n) is 7.34. The highest BCUT2D eigenvalue weighted by molar-refractivity contribution is 14.0. The fourth-order valence-corrected chi connectivity index (χ4v) is 2.16. The van der Waals surface area contributed by atoms with Crippen LogP contribution in [0.15, 0.2) is 27.6 Å². The van der Waals surface area contributed by atoms with Gasteiger partial charge < -0.3 is 19.8 Å². The number of halogens is 2. The summed E-state index contributed by atoms with van der Waals surface area (Å²) in [6.45, 7) is 6.36. The van der Waals surface area contributed by atoms with Gasteiger partial charge in [0.15, 0.2) is 5.96 Å². The largest absolute Gasteiger partial charge is 0.459 e. The van der Waals surface area contributed by atoms with Crippen LogP contribution in [0.25, 0.3) is 11.0 Å². The van der Waals surface area contributed by atoms with E-state index in [0.717, 1.165) is 23.3 Å². The maximum Gasteiger partial charge on any atom is 0.191 e. The van der Waals surface area contributed by atoms with E-state index in [1.807, 2.05) is 13.8 Å². The number of hydrogen-bond donors (Lipinski definition) is 2. The van der Waals surface area contributed by atoms with Crippen molar-refractivity contribution in [1.82, 2.24) is 10.6 Å². The van der Waals surface area contributed by atoms with Crippen LogP contribution in [-0.2, 0) is 11.3 Å². The Bertz CT molecular complexity index is 658. The summed E-state index contributed by atoms with van der Waals surface area (Å²) in [5.74, 6) is 1.18. The van der Waals surface area contributed by atoms with E-state index in [1.54, 1.807) is 13.2 Å². The molecule has 7 heteroatoms. The SMILES string of the molecule is CCNC(=NCc1oc2ccc(F)cc2c1C)NCCOC.I. The van der Waals surface area contributed by atoms with E-state index < -0.39 is 0 Å². The molecule has 0 aliphatic heterocycles. The second kappa shape index (κ2) is 9.71. The van der Waals surface area contributed by atoms with E-state index in [0.29, 0.717) is 31.2 Å². The predicted octanol–water partition coefficient (Wildman–Crippen LogP) is 3.20. The molecule has 0 atom stereocenters. The highest BCUT2D eigenvalue weighted by Crippen LogP contribution is 2.26. The van der Waals surface area contributed by atoms with Crippen molar-refractivity contribution in [3.63, 3.8) is 0 Å². The van der Waals surface area contributed by atoms with Gasteiger partial charge in [-0.05, 0) is 32.0 Å². The third kappa shape index (κ3) is 5.35. The number of nitrogens with one attached hydrogen (secondary N) is 2. The molecule has 1 aromatic carbocycles. The third-order valence-corrected chi connectivity index (χ3v) is 3.32. The molecule has 0 bridgehead atoms. The first-order valence-corrected chi connectivity index (χ1v) is 7.34. The van der Waals surface area contributed by atoms with E-state index in [4.69, 9.17) is 9.15 Å². The molecule has 1 heterocycles. The number of rotatable bonds is 6. The highest BCUT2D eigenvalue weighted by atomic mass is 127. The Kier molecular flexibility index (Phi) is 8.32. The summed E-state index contributed by atoms with van der Waals surface area (Å²) in [6, 6.07) is 4.53. The Balaban J connectivity index is 0.00000264. The lowest BCUT2D eigenvalue weighted by Crippen LogP contribution is -2.38. The van der Waals surface area contributed by atoms with Crippen molar-refractivity contribution in [3.05, 3.63) is 35.3 Å². The number of aliphatic imine (C=N–C) groups is 1. The van der Waals surface area contributed by atoms with Gasteiger partial charge in [0.05, 0.1) is 6.61 Å². The number of aryl methyl sites for hydroxylation is 1. The number of fused-ring (bicyclic) bond motifs is 1. The summed E-state index contributed by atoms with van der Waals surface area (Å²) in [5, 5.41) is 7.12. The molecule has 128 valence electrons. The molecule has 2 aromatic rings. The fourth-order valence-electron chi connectivity index (χ4n) is 2.16. The van der Waals surface area contributed by atoms with E-state index in [-0.39, 0.29) is 29.8 Å². The topological polar surface area (TPSA) is 58.8 Å². The Labute approximate surface area is 152 Å². The van der Waals surface area contributed by atoms with Gasteiger partial charge in [0, 0.05) is 31.1 Å². The molecule has 1 aromatic heterocycles. The minimum Gasteiger partial charge on any atom is -0.459 e. The fraction of sp³-hybridized carbons (Fsp3) is 0.438. The Hall–Kier alpha value is -1.35. The predicted molar refractivity (Wildman–Crippen MR) is 101 cm³/mol. The average molecular weight is 435 g/mol. The maximum absolute atomic E-state index is 13.3. The summed E-state index contributed by atoms with van der Waals surface area (Å²) in [6.07, 6.45) is 0. The summed E-state index contributed by atoms with van der Waals surface area (Å²) in [4.78, 5) is 4.49. The number of benzene rings is 1. The molecular weight excluding hydrogens is 412 g/mol. The molecule has 2 rings (SSSR count). The number of nitrogens with zero attached hydrogens (tertiary/aromatic N) is 1. The van der Waals surface area contributed by atoms with E-state index in [1.165, 1.54) is 12.1 Å². The Morgan fingerprint density at radius 2 is 2.13 bits per heavy atom. The number of methoxy groups -OCH3 is 1. The molecule has 0 fully saturated rings. The van der Waals surface area contributed by atoms with Crippen LogP contribution in [0.1, 0.15) is 18.2 Å². The van der Waals surface area contributed by atoms with Gasteiger partial charge in [0.2, 0.25) is 0 Å². The second-order valence-corrected chi connectivity index (χ2v) is 4.91. The summed E-state index contributed by atoms with van der Waals surface area (Å²) in [7, 11) is 1.66. The van der Waals surface area contributed by atoms with Crippen LogP contribution in [0.3, 0.4) is 0 Å². The number of ether oxygens (including phenoxy) is 1. The zero-order valence-electron chi connectivity index (χ0n) is 13.6. The lowest BCUT2D eigenvalue weighted by Gasteiger charge is -2.10. The smallest absolute Gasteiger partial charge is 0.191 e. The molecule has 0 aliphatic carbocycles. The van der Waals surface area contributed by atoms with Gasteiger partial charge in [-0.1, -0.05) is 0 Å². The van der Waals surface area contributed by atoms with Gasteiger partial charge in [-0.25, -0.2) is 9.38 Å². The lowest BCUT2D eigenvalue weighted by atomic mass is 10.1. The van der Waals surface area contributed by atoms with Gasteiger partial charge in [-0.3, -0.25) is 0 Å². The van der Waals surface area contributed by atoms with E-state index >= 15 is 0 Å². The van der Waals surface area contributed by atoms with Crippen LogP contribution < -0.4 is 10.6 Å². The second-order valence-electron chi connectivity index (χ2n) is 4.91. The van der Waals surface area contributed by atoms with Gasteiger partial charge in [0.1, 0.15) is 23.7 Å². The lowest BCUT2D eigenvalue weighted by molar-refractivity contribution is 0.203. The van der Waals surface area contributed by atoms with Crippen LogP contribution >= 0.6 is 24.0 Å². The monoisotopic (exact) mass is 435 g/mol. The van der Waals surface area contributed by atoms with E-state index in [2.05, 4.69) is 15.6 Å². The van der Waals surface area contributed by atoms with Crippen LogP contribution in [-0.4, -0.2) is 32.8 Å². The molecule has 0 radical (unpaired) electrons. The van der Waals surface area contributed by atoms with Crippen molar-refractivity contribution < 1.29 is 13.5 Å². The van der Waals surface area contributed by atoms with Crippen LogP contribution in [0.2, 0.25) is 0 Å². The standard InChI is InChI=1S/C16H22FN3O2.HI/c1-4-18-16(19-7-8-21-3)20-10-15-11(2)13-9-12(17)5-6-14(13)22-15;/h5-6,9H,4,7-8,10H2,1-3H3,(H2,18,19,20);1H. The molecule has 0 saturated heterocycles. The van der Waals surface area contributed by atoms with Crippen LogP contribution in [0.5, 0.6) is 0 Å². The van der Waals surface area contributed by atoms with Crippen molar-refractivity contribution in [2.75, 3.05) is 26.8 Å². The minimum atomic E-state index is -0.263. The maximum atomic E-state index is 13.3. The molecule has 0 amide bonds. The zero-order valence-corrected chi connectivity index (χ0v) is 15.9. The van der Waals surface area contributed by atoms with Crippen molar-refractivity contribution in [3.8, 4) is 0 Å².